The number of amides is 1. The number of rotatable bonds is 6. The molecule has 2 rings (SSSR count). The monoisotopic (exact) mass is 396 g/mol. The second kappa shape index (κ2) is 8.35. The van der Waals surface area contributed by atoms with Crippen molar-refractivity contribution in [2.75, 3.05) is 27.2 Å². The van der Waals surface area contributed by atoms with E-state index in [2.05, 4.69) is 15.9 Å². The third-order valence-electron chi connectivity index (χ3n) is 3.53. The van der Waals surface area contributed by atoms with Gasteiger partial charge < -0.3 is 9.80 Å². The Kier molecular flexibility index (Phi) is 6.45. The summed E-state index contributed by atoms with van der Waals surface area (Å²) in [5.41, 5.74) is 0.664. The fourth-order valence-electron chi connectivity index (χ4n) is 2.26. The first kappa shape index (κ1) is 18.5. The van der Waals surface area contributed by atoms with Gasteiger partial charge in [-0.15, -0.1) is 0 Å². The van der Waals surface area contributed by atoms with E-state index in [1.54, 1.807) is 18.2 Å². The number of carbonyl (C=O) groups excluding carboxylic acids is 1. The van der Waals surface area contributed by atoms with Crippen LogP contribution >= 0.6 is 15.9 Å². The number of halogens is 3. The predicted octanol–water partition coefficient (Wildman–Crippen LogP) is 3.93. The van der Waals surface area contributed by atoms with Crippen molar-refractivity contribution < 1.29 is 13.6 Å². The van der Waals surface area contributed by atoms with Gasteiger partial charge in [-0.3, -0.25) is 4.79 Å². The lowest BCUT2D eigenvalue weighted by atomic mass is 10.1. The summed E-state index contributed by atoms with van der Waals surface area (Å²) in [4.78, 5) is 16.2. The number of nitrogens with zero attached hydrogens (tertiary/aromatic N) is 2. The van der Waals surface area contributed by atoms with Crippen LogP contribution in [0.15, 0.2) is 46.9 Å². The average Bonchev–Trinajstić information content (AvgIpc) is 2.53. The molecule has 0 aliphatic heterocycles. The standard InChI is InChI=1S/C18H19BrF2N2O/c1-22(2)8-9-23(12-13-4-3-5-15(20)10-13)18(24)16-11-14(19)6-7-17(16)21/h3-7,10-11H,8-9,12H2,1-2H3. The fraction of sp³-hybridized carbons (Fsp3) is 0.278. The molecule has 0 radical (unpaired) electrons. The molecule has 128 valence electrons. The van der Waals surface area contributed by atoms with Crippen molar-refractivity contribution in [2.24, 2.45) is 0 Å². The van der Waals surface area contributed by atoms with Crippen LogP contribution < -0.4 is 0 Å². The van der Waals surface area contributed by atoms with Gasteiger partial charge in [-0.1, -0.05) is 28.1 Å². The first-order valence-electron chi connectivity index (χ1n) is 7.50. The first-order valence-corrected chi connectivity index (χ1v) is 8.29. The highest BCUT2D eigenvalue weighted by molar-refractivity contribution is 9.10. The number of benzene rings is 2. The van der Waals surface area contributed by atoms with Gasteiger partial charge in [0.15, 0.2) is 0 Å². The largest absolute Gasteiger partial charge is 0.333 e. The maximum Gasteiger partial charge on any atom is 0.257 e. The van der Waals surface area contributed by atoms with Crippen molar-refractivity contribution in [3.05, 3.63) is 69.7 Å². The second-order valence-corrected chi connectivity index (χ2v) is 6.70. The van der Waals surface area contributed by atoms with E-state index < -0.39 is 11.7 Å². The van der Waals surface area contributed by atoms with Crippen LogP contribution in [0.25, 0.3) is 0 Å². The third-order valence-corrected chi connectivity index (χ3v) is 4.02. The minimum atomic E-state index is -0.572. The Morgan fingerprint density at radius 3 is 2.50 bits per heavy atom. The highest BCUT2D eigenvalue weighted by atomic mass is 79.9. The van der Waals surface area contributed by atoms with E-state index in [4.69, 9.17) is 0 Å². The summed E-state index contributed by atoms with van der Waals surface area (Å²) in [6, 6.07) is 10.3. The normalized spacial score (nSPS) is 10.9. The summed E-state index contributed by atoms with van der Waals surface area (Å²) in [5, 5.41) is 0. The third kappa shape index (κ3) is 5.11. The first-order chi connectivity index (χ1) is 11.4. The molecular formula is C18H19BrF2N2O. The quantitative estimate of drug-likeness (QED) is 0.738. The van der Waals surface area contributed by atoms with Crippen molar-refractivity contribution in [1.82, 2.24) is 9.80 Å². The van der Waals surface area contributed by atoms with E-state index in [0.717, 1.165) is 0 Å². The minimum absolute atomic E-state index is 0.000431. The molecule has 6 heteroatoms. The van der Waals surface area contributed by atoms with Gasteiger partial charge in [0, 0.05) is 24.1 Å². The van der Waals surface area contributed by atoms with Gasteiger partial charge in [-0.25, -0.2) is 8.78 Å². The molecule has 0 N–H and O–H groups in total. The number of hydrogen-bond donors (Lipinski definition) is 0. The summed E-state index contributed by atoms with van der Waals surface area (Å²) in [5.74, 6) is -1.35. The fourth-order valence-corrected chi connectivity index (χ4v) is 2.62. The van der Waals surface area contributed by atoms with E-state index >= 15 is 0 Å². The lowest BCUT2D eigenvalue weighted by Gasteiger charge is -2.25. The SMILES string of the molecule is CN(C)CCN(Cc1cccc(F)c1)C(=O)c1cc(Br)ccc1F. The van der Waals surface area contributed by atoms with Crippen molar-refractivity contribution in [3.8, 4) is 0 Å². The van der Waals surface area contributed by atoms with Gasteiger partial charge in [-0.2, -0.15) is 0 Å². The van der Waals surface area contributed by atoms with Crippen LogP contribution in [0.2, 0.25) is 0 Å². The molecule has 1 amide bonds. The van der Waals surface area contributed by atoms with Crippen LogP contribution in [-0.2, 0) is 6.54 Å². The zero-order valence-electron chi connectivity index (χ0n) is 13.6. The molecule has 24 heavy (non-hydrogen) atoms. The van der Waals surface area contributed by atoms with Crippen LogP contribution in [0, 0.1) is 11.6 Å². The molecule has 0 saturated carbocycles. The molecule has 0 aliphatic carbocycles. The highest BCUT2D eigenvalue weighted by Crippen LogP contribution is 2.19. The smallest absolute Gasteiger partial charge is 0.257 e. The van der Waals surface area contributed by atoms with E-state index in [9.17, 15) is 13.6 Å². The van der Waals surface area contributed by atoms with E-state index in [0.29, 0.717) is 23.1 Å². The Labute approximate surface area is 149 Å². The molecule has 0 fully saturated rings. The molecule has 0 heterocycles. The highest BCUT2D eigenvalue weighted by Gasteiger charge is 2.20. The molecule has 0 saturated heterocycles. The van der Waals surface area contributed by atoms with Gasteiger partial charge in [0.05, 0.1) is 5.56 Å². The zero-order valence-corrected chi connectivity index (χ0v) is 15.2. The van der Waals surface area contributed by atoms with Crippen LogP contribution in [0.1, 0.15) is 15.9 Å². The number of likely N-dealkylation sites (N-methyl/N-ethyl adjacent to an activating group) is 1. The van der Waals surface area contributed by atoms with Crippen LogP contribution in [0.4, 0.5) is 8.78 Å². The Hall–Kier alpha value is -1.79. The molecular weight excluding hydrogens is 378 g/mol. The Bertz CT molecular complexity index is 722. The summed E-state index contributed by atoms with van der Waals surface area (Å²) < 4.78 is 28.1. The molecule has 2 aromatic rings. The van der Waals surface area contributed by atoms with Gasteiger partial charge in [0.25, 0.3) is 5.91 Å². The van der Waals surface area contributed by atoms with Crippen molar-refractivity contribution in [2.45, 2.75) is 6.54 Å². The lowest BCUT2D eigenvalue weighted by Crippen LogP contribution is -2.36. The Balaban J connectivity index is 2.27. The zero-order chi connectivity index (χ0) is 17.7. The van der Waals surface area contributed by atoms with Crippen molar-refractivity contribution in [1.29, 1.82) is 0 Å². The molecule has 0 bridgehead atoms. The summed E-state index contributed by atoms with van der Waals surface area (Å²) in [7, 11) is 3.79. The maximum absolute atomic E-state index is 14.0. The summed E-state index contributed by atoms with van der Waals surface area (Å²) >= 11 is 3.26. The van der Waals surface area contributed by atoms with Crippen LogP contribution in [0.5, 0.6) is 0 Å². The molecule has 0 atom stereocenters. The molecule has 3 nitrogen and oxygen atoms in total. The minimum Gasteiger partial charge on any atom is -0.333 e. The van der Waals surface area contributed by atoms with Gasteiger partial charge in [0.1, 0.15) is 11.6 Å². The lowest BCUT2D eigenvalue weighted by molar-refractivity contribution is 0.0727. The maximum atomic E-state index is 14.0. The van der Waals surface area contributed by atoms with Crippen molar-refractivity contribution in [3.63, 3.8) is 0 Å². The summed E-state index contributed by atoms with van der Waals surface area (Å²) in [6.07, 6.45) is 0. The van der Waals surface area contributed by atoms with E-state index in [-0.39, 0.29) is 17.9 Å². The topological polar surface area (TPSA) is 23.6 Å². The predicted molar refractivity (Wildman–Crippen MR) is 93.8 cm³/mol. The molecule has 0 aromatic heterocycles. The number of carbonyl (C=O) groups is 1. The summed E-state index contributed by atoms with van der Waals surface area (Å²) in [6.45, 7) is 1.25. The molecule has 0 unspecified atom stereocenters. The Morgan fingerprint density at radius 2 is 1.83 bits per heavy atom. The van der Waals surface area contributed by atoms with Crippen LogP contribution in [-0.4, -0.2) is 42.9 Å². The van der Waals surface area contributed by atoms with Crippen molar-refractivity contribution >= 4 is 21.8 Å². The van der Waals surface area contributed by atoms with Gasteiger partial charge >= 0.3 is 0 Å². The van der Waals surface area contributed by atoms with E-state index in [1.165, 1.54) is 29.2 Å². The van der Waals surface area contributed by atoms with Gasteiger partial charge in [-0.05, 0) is 50.0 Å². The number of hydrogen-bond acceptors (Lipinski definition) is 2. The molecule has 2 aromatic carbocycles. The second-order valence-electron chi connectivity index (χ2n) is 5.78. The molecule has 0 aliphatic rings. The van der Waals surface area contributed by atoms with E-state index in [1.807, 2.05) is 19.0 Å². The van der Waals surface area contributed by atoms with Gasteiger partial charge in [0.2, 0.25) is 0 Å². The van der Waals surface area contributed by atoms with Crippen LogP contribution in [0.3, 0.4) is 0 Å². The average molecular weight is 397 g/mol. The molecule has 0 spiro atoms. The Morgan fingerprint density at radius 1 is 1.08 bits per heavy atom.